The molecule has 0 aliphatic heterocycles. The first-order chi connectivity index (χ1) is 24.6. The number of non-ortho nitro benzene ring substituents is 2. The van der Waals surface area contributed by atoms with Crippen LogP contribution in [0.15, 0.2) is 48.5 Å². The van der Waals surface area contributed by atoms with E-state index in [1.54, 1.807) is 0 Å². The fourth-order valence-corrected chi connectivity index (χ4v) is 3.40. The van der Waals surface area contributed by atoms with Gasteiger partial charge in [0.25, 0.3) is 11.4 Å². The second-order valence-corrected chi connectivity index (χ2v) is 11.5. The van der Waals surface area contributed by atoms with Crippen LogP contribution in [0.4, 0.5) is 11.4 Å². The molecule has 0 amide bonds. The summed E-state index contributed by atoms with van der Waals surface area (Å²) < 4.78 is 40.6. The number of nitro benzene ring substituents is 2. The van der Waals surface area contributed by atoms with Gasteiger partial charge >= 0.3 is 23.9 Å². The van der Waals surface area contributed by atoms with Gasteiger partial charge in [0, 0.05) is 24.3 Å². The molecule has 0 aromatic heterocycles. The average Bonchev–Trinajstić information content (AvgIpc) is 3.10. The van der Waals surface area contributed by atoms with Gasteiger partial charge in [0.2, 0.25) is 0 Å². The Kier molecular flexibility index (Phi) is 21.9. The predicted octanol–water partition coefficient (Wildman–Crippen LogP) is 4.18. The Morgan fingerprint density at radius 3 is 1.04 bits per heavy atom. The number of ether oxygens (including phenoxy) is 8. The zero-order valence-electron chi connectivity index (χ0n) is 28.8. The lowest BCUT2D eigenvalue weighted by molar-refractivity contribution is -0.385. The summed E-state index contributed by atoms with van der Waals surface area (Å²) in [6.07, 6.45) is -1.87. The number of alkyl halides is 2. The average molecular weight is 780 g/mol. The standard InChI is InChI=1S/C22H24N2O11.C10H16Cl2O5/c1-15(34-19-7-3-17(4-8-19)23(27)28)21(25)32-13-11-31-12-14-33-22(26)16(2)35-20-9-5-18(6-10-20)24(29)30;1-7(11)9(13)16-5-3-15-4-6-17-10(14)8(2)12/h3-10,15-16H,11-14H2,1-2H3;7-8H,3-6H2,1-2H3. The lowest BCUT2D eigenvalue weighted by Gasteiger charge is -2.15. The zero-order chi connectivity index (χ0) is 39.1. The third-order valence-electron chi connectivity index (χ3n) is 5.92. The van der Waals surface area contributed by atoms with Gasteiger partial charge in [-0.3, -0.25) is 29.8 Å². The Bertz CT molecular complexity index is 1320. The van der Waals surface area contributed by atoms with E-state index in [2.05, 4.69) is 0 Å². The Hall–Kier alpha value is -4.78. The molecule has 288 valence electrons. The molecule has 2 rings (SSSR count). The van der Waals surface area contributed by atoms with Gasteiger partial charge in [-0.15, -0.1) is 23.2 Å². The number of hydrogen-bond donors (Lipinski definition) is 0. The highest BCUT2D eigenvalue weighted by Crippen LogP contribution is 2.19. The lowest BCUT2D eigenvalue weighted by Crippen LogP contribution is -2.28. The van der Waals surface area contributed by atoms with Crippen LogP contribution in [0.5, 0.6) is 11.5 Å². The first-order valence-electron chi connectivity index (χ1n) is 15.5. The van der Waals surface area contributed by atoms with E-state index in [0.717, 1.165) is 0 Å². The molecule has 4 atom stereocenters. The van der Waals surface area contributed by atoms with E-state index in [0.29, 0.717) is 0 Å². The summed E-state index contributed by atoms with van der Waals surface area (Å²) in [5, 5.41) is 20.0. The monoisotopic (exact) mass is 778 g/mol. The first kappa shape index (κ1) is 45.2. The molecule has 0 heterocycles. The van der Waals surface area contributed by atoms with Crippen molar-refractivity contribution in [1.29, 1.82) is 0 Å². The van der Waals surface area contributed by atoms with Crippen LogP contribution in [-0.4, -0.2) is 110 Å². The molecule has 0 saturated carbocycles. The van der Waals surface area contributed by atoms with Crippen LogP contribution in [0.2, 0.25) is 0 Å². The summed E-state index contributed by atoms with van der Waals surface area (Å²) in [4.78, 5) is 65.9. The molecule has 20 heteroatoms. The smallest absolute Gasteiger partial charge is 0.347 e. The molecule has 0 radical (unpaired) electrons. The Balaban J connectivity index is 0.000000669. The number of esters is 4. The third kappa shape index (κ3) is 19.6. The molecule has 0 saturated heterocycles. The van der Waals surface area contributed by atoms with Crippen LogP contribution in [0, 0.1) is 20.2 Å². The van der Waals surface area contributed by atoms with Crippen LogP contribution >= 0.6 is 23.2 Å². The first-order valence-corrected chi connectivity index (χ1v) is 16.4. The molecule has 18 nitrogen and oxygen atoms in total. The summed E-state index contributed by atoms with van der Waals surface area (Å²) in [6.45, 7) is 6.70. The molecule has 0 N–H and O–H groups in total. The van der Waals surface area contributed by atoms with E-state index in [4.69, 9.17) is 61.1 Å². The molecule has 2 aromatic rings. The molecule has 0 aliphatic rings. The number of nitrogens with zero attached hydrogens (tertiary/aromatic N) is 2. The molecule has 0 bridgehead atoms. The van der Waals surface area contributed by atoms with E-state index in [1.807, 2.05) is 0 Å². The summed E-state index contributed by atoms with van der Waals surface area (Å²) in [6, 6.07) is 10.6. The molecule has 0 spiro atoms. The molecule has 4 unspecified atom stereocenters. The van der Waals surface area contributed by atoms with Gasteiger partial charge in [-0.1, -0.05) is 0 Å². The number of nitro groups is 2. The third-order valence-corrected chi connectivity index (χ3v) is 6.28. The fraction of sp³-hybridized carbons (Fsp3) is 0.500. The van der Waals surface area contributed by atoms with Crippen LogP contribution in [0.25, 0.3) is 0 Å². The summed E-state index contributed by atoms with van der Waals surface area (Å²) in [5.41, 5.74) is -0.191. The highest BCUT2D eigenvalue weighted by molar-refractivity contribution is 6.29. The highest BCUT2D eigenvalue weighted by atomic mass is 35.5. The van der Waals surface area contributed by atoms with Crippen molar-refractivity contribution in [3.8, 4) is 11.5 Å². The maximum Gasteiger partial charge on any atom is 0.347 e. The van der Waals surface area contributed by atoms with Gasteiger partial charge in [0.05, 0.1) is 36.3 Å². The molecular formula is C32H40Cl2N2O16. The normalized spacial score (nSPS) is 12.7. The number of halogens is 2. The molecule has 52 heavy (non-hydrogen) atoms. The predicted molar refractivity (Wildman–Crippen MR) is 182 cm³/mol. The van der Waals surface area contributed by atoms with Gasteiger partial charge in [0.1, 0.15) is 48.7 Å². The quantitative estimate of drug-likeness (QED) is 0.0407. The second-order valence-electron chi connectivity index (χ2n) is 10.1. The molecule has 0 fully saturated rings. The number of carbonyl (C=O) groups is 4. The van der Waals surface area contributed by atoms with Crippen molar-refractivity contribution < 1.29 is 66.9 Å². The van der Waals surface area contributed by atoms with Gasteiger partial charge in [0.15, 0.2) is 12.2 Å². The van der Waals surface area contributed by atoms with Crippen molar-refractivity contribution in [2.75, 3.05) is 52.9 Å². The van der Waals surface area contributed by atoms with Crippen molar-refractivity contribution >= 4 is 58.5 Å². The van der Waals surface area contributed by atoms with E-state index in [1.165, 1.54) is 76.2 Å². The van der Waals surface area contributed by atoms with Gasteiger partial charge in [-0.2, -0.15) is 0 Å². The lowest BCUT2D eigenvalue weighted by atomic mass is 10.3. The second kappa shape index (κ2) is 25.2. The number of hydrogen-bond acceptors (Lipinski definition) is 16. The number of benzene rings is 2. The van der Waals surface area contributed by atoms with Crippen LogP contribution in [-0.2, 0) is 47.6 Å². The van der Waals surface area contributed by atoms with Crippen molar-refractivity contribution in [3.05, 3.63) is 68.8 Å². The van der Waals surface area contributed by atoms with Crippen molar-refractivity contribution in [2.24, 2.45) is 0 Å². The van der Waals surface area contributed by atoms with E-state index >= 15 is 0 Å². The Morgan fingerprint density at radius 2 is 0.788 bits per heavy atom. The van der Waals surface area contributed by atoms with Crippen LogP contribution < -0.4 is 9.47 Å². The minimum atomic E-state index is -0.936. The Labute approximate surface area is 308 Å². The summed E-state index contributed by atoms with van der Waals surface area (Å²) >= 11 is 10.9. The van der Waals surface area contributed by atoms with Gasteiger partial charge in [-0.25, -0.2) is 9.59 Å². The van der Waals surface area contributed by atoms with Crippen molar-refractivity contribution in [3.63, 3.8) is 0 Å². The van der Waals surface area contributed by atoms with Crippen molar-refractivity contribution in [1.82, 2.24) is 0 Å². The van der Waals surface area contributed by atoms with Gasteiger partial charge < -0.3 is 37.9 Å². The highest BCUT2D eigenvalue weighted by Gasteiger charge is 2.19. The maximum absolute atomic E-state index is 12.0. The van der Waals surface area contributed by atoms with E-state index in [-0.39, 0.29) is 75.7 Å². The van der Waals surface area contributed by atoms with Crippen LogP contribution in [0.3, 0.4) is 0 Å². The minimum absolute atomic E-state index is 0.0552. The topological polar surface area (TPSA) is 228 Å². The molecule has 2 aromatic carbocycles. The van der Waals surface area contributed by atoms with E-state index < -0.39 is 56.7 Å². The fourth-order valence-electron chi connectivity index (χ4n) is 3.27. The molecular weight excluding hydrogens is 739 g/mol. The van der Waals surface area contributed by atoms with Crippen LogP contribution in [0.1, 0.15) is 27.7 Å². The number of rotatable bonds is 22. The summed E-state index contributed by atoms with van der Waals surface area (Å²) in [7, 11) is 0. The minimum Gasteiger partial charge on any atom is -0.479 e. The number of carbonyl (C=O) groups excluding carboxylic acids is 4. The van der Waals surface area contributed by atoms with E-state index in [9.17, 15) is 39.4 Å². The largest absolute Gasteiger partial charge is 0.479 e. The zero-order valence-corrected chi connectivity index (χ0v) is 30.3. The SMILES string of the molecule is CC(Cl)C(=O)OCCOCCOC(=O)C(C)Cl.CC(Oc1ccc([N+](=O)[O-])cc1)C(=O)OCCOCCOC(=O)C(C)Oc1ccc([N+](=O)[O-])cc1. The van der Waals surface area contributed by atoms with Crippen molar-refractivity contribution in [2.45, 2.75) is 50.7 Å². The Morgan fingerprint density at radius 1 is 0.519 bits per heavy atom. The maximum atomic E-state index is 12.0. The molecule has 0 aliphatic carbocycles. The summed E-state index contributed by atoms with van der Waals surface area (Å²) in [5.74, 6) is -1.70. The van der Waals surface area contributed by atoms with Gasteiger partial charge in [-0.05, 0) is 52.0 Å².